The maximum absolute atomic E-state index is 14.3. The summed E-state index contributed by atoms with van der Waals surface area (Å²) in [5, 5.41) is 0.442. The number of fused-ring (bicyclic) bond motifs is 1. The maximum Gasteiger partial charge on any atom is 0.248 e. The fraction of sp³-hybridized carbons (Fsp3) is 0.211. The molecule has 0 saturated heterocycles. The van der Waals surface area contributed by atoms with Gasteiger partial charge in [0.1, 0.15) is 19.0 Å². The highest BCUT2D eigenvalue weighted by Gasteiger charge is 2.26. The Morgan fingerprint density at radius 3 is 2.78 bits per heavy atom. The zero-order valence-corrected chi connectivity index (χ0v) is 15.1. The van der Waals surface area contributed by atoms with Gasteiger partial charge in [-0.3, -0.25) is 14.6 Å². The molecule has 1 aliphatic rings. The van der Waals surface area contributed by atoms with Gasteiger partial charge in [-0.05, 0) is 30.3 Å². The molecule has 0 spiro atoms. The Balaban J connectivity index is 1.98. The molecule has 140 valence electrons. The first-order valence-corrected chi connectivity index (χ1v) is 8.61. The summed E-state index contributed by atoms with van der Waals surface area (Å²) in [5.74, 6) is -1.30. The van der Waals surface area contributed by atoms with Crippen LogP contribution in [0.3, 0.4) is 0 Å². The van der Waals surface area contributed by atoms with Crippen LogP contribution in [0, 0.1) is 5.82 Å². The summed E-state index contributed by atoms with van der Waals surface area (Å²) in [5.41, 5.74) is 6.79. The Morgan fingerprint density at radius 2 is 2.04 bits per heavy atom. The van der Waals surface area contributed by atoms with E-state index in [2.05, 4.69) is 4.99 Å². The van der Waals surface area contributed by atoms with Gasteiger partial charge in [0.2, 0.25) is 11.8 Å². The van der Waals surface area contributed by atoms with Crippen molar-refractivity contribution in [3.63, 3.8) is 0 Å². The van der Waals surface area contributed by atoms with Gasteiger partial charge in [0.05, 0.1) is 18.0 Å². The lowest BCUT2D eigenvalue weighted by Crippen LogP contribution is -2.36. The number of anilines is 1. The zero-order valence-electron chi connectivity index (χ0n) is 14.3. The van der Waals surface area contributed by atoms with Gasteiger partial charge in [-0.15, -0.1) is 0 Å². The van der Waals surface area contributed by atoms with E-state index in [0.29, 0.717) is 27.5 Å². The van der Waals surface area contributed by atoms with Gasteiger partial charge in [0, 0.05) is 22.7 Å². The molecule has 2 aromatic rings. The molecule has 0 radical (unpaired) electrons. The molecule has 0 unspecified atom stereocenters. The van der Waals surface area contributed by atoms with Crippen molar-refractivity contribution in [1.82, 2.24) is 0 Å². The number of benzodiazepines with no additional fused rings is 1. The molecule has 0 bridgehead atoms. The molecule has 0 aromatic heterocycles. The van der Waals surface area contributed by atoms with Crippen molar-refractivity contribution in [2.24, 2.45) is 10.7 Å². The quantitative estimate of drug-likeness (QED) is 0.768. The van der Waals surface area contributed by atoms with Crippen molar-refractivity contribution in [3.8, 4) is 0 Å². The average molecular weight is 390 g/mol. The normalized spacial score (nSPS) is 13.8. The number of hydrogen-bond acceptors (Lipinski definition) is 4. The predicted molar refractivity (Wildman–Crippen MR) is 101 cm³/mol. The van der Waals surface area contributed by atoms with Crippen LogP contribution >= 0.6 is 11.6 Å². The van der Waals surface area contributed by atoms with E-state index in [0.717, 1.165) is 0 Å². The third-order valence-electron chi connectivity index (χ3n) is 4.01. The third-order valence-corrected chi connectivity index (χ3v) is 4.25. The average Bonchev–Trinajstić information content (AvgIpc) is 2.76. The van der Waals surface area contributed by atoms with E-state index in [1.54, 1.807) is 36.4 Å². The SMILES string of the molecule is NC(=O)COCCN1C(=O)CN=C(c2ccccc2F)c2cc(Cl)ccc21. The first-order valence-electron chi connectivity index (χ1n) is 8.23. The largest absolute Gasteiger partial charge is 0.370 e. The van der Waals surface area contributed by atoms with Crippen LogP contribution in [0.25, 0.3) is 0 Å². The second-order valence-electron chi connectivity index (χ2n) is 5.87. The number of carbonyl (C=O) groups is 2. The maximum atomic E-state index is 14.3. The number of rotatable bonds is 6. The number of nitrogens with two attached hydrogens (primary N) is 1. The van der Waals surface area contributed by atoms with E-state index in [1.807, 2.05) is 0 Å². The first kappa shape index (κ1) is 19.0. The number of primary amides is 1. The summed E-state index contributed by atoms with van der Waals surface area (Å²) in [4.78, 5) is 29.2. The van der Waals surface area contributed by atoms with Gasteiger partial charge in [-0.1, -0.05) is 23.7 Å². The lowest BCUT2D eigenvalue weighted by atomic mass is 9.99. The number of aliphatic imine (C=N–C) groups is 1. The number of nitrogens with zero attached hydrogens (tertiary/aromatic N) is 2. The summed E-state index contributed by atoms with van der Waals surface area (Å²) in [7, 11) is 0. The molecule has 1 heterocycles. The molecule has 1 aliphatic heterocycles. The van der Waals surface area contributed by atoms with Gasteiger partial charge >= 0.3 is 0 Å². The Kier molecular flexibility index (Phi) is 5.83. The highest BCUT2D eigenvalue weighted by atomic mass is 35.5. The zero-order chi connectivity index (χ0) is 19.4. The highest BCUT2D eigenvalue weighted by Crippen LogP contribution is 2.30. The molecule has 8 heteroatoms. The Morgan fingerprint density at radius 1 is 1.26 bits per heavy atom. The highest BCUT2D eigenvalue weighted by molar-refractivity contribution is 6.32. The minimum Gasteiger partial charge on any atom is -0.370 e. The molecular formula is C19H17ClFN3O3. The number of ether oxygens (including phenoxy) is 1. The lowest BCUT2D eigenvalue weighted by Gasteiger charge is -2.23. The molecule has 2 aromatic carbocycles. The summed E-state index contributed by atoms with van der Waals surface area (Å²) < 4.78 is 19.5. The van der Waals surface area contributed by atoms with Crippen molar-refractivity contribution >= 4 is 34.8 Å². The topological polar surface area (TPSA) is 85.0 Å². The van der Waals surface area contributed by atoms with Gasteiger partial charge in [-0.2, -0.15) is 0 Å². The smallest absolute Gasteiger partial charge is 0.248 e. The van der Waals surface area contributed by atoms with Crippen LogP contribution in [-0.4, -0.2) is 43.8 Å². The first-order chi connectivity index (χ1) is 13.0. The monoisotopic (exact) mass is 389 g/mol. The molecule has 27 heavy (non-hydrogen) atoms. The van der Waals surface area contributed by atoms with Crippen molar-refractivity contribution in [3.05, 3.63) is 64.4 Å². The van der Waals surface area contributed by atoms with Gasteiger partial charge in [-0.25, -0.2) is 4.39 Å². The summed E-state index contributed by atoms with van der Waals surface area (Å²) >= 11 is 6.14. The Bertz CT molecular complexity index is 917. The van der Waals surface area contributed by atoms with Crippen molar-refractivity contribution in [2.75, 3.05) is 31.2 Å². The van der Waals surface area contributed by atoms with Crippen LogP contribution in [0.4, 0.5) is 10.1 Å². The second kappa shape index (κ2) is 8.28. The van der Waals surface area contributed by atoms with Crippen LogP contribution in [-0.2, 0) is 14.3 Å². The van der Waals surface area contributed by atoms with Crippen LogP contribution in [0.5, 0.6) is 0 Å². The van der Waals surface area contributed by atoms with Gasteiger partial charge in [0.15, 0.2) is 0 Å². The summed E-state index contributed by atoms with van der Waals surface area (Å²) in [6.45, 7) is -0.0646. The van der Waals surface area contributed by atoms with Crippen molar-refractivity contribution < 1.29 is 18.7 Å². The Labute approximate surface area is 160 Å². The minimum atomic E-state index is -0.588. The van der Waals surface area contributed by atoms with Crippen molar-refractivity contribution in [2.45, 2.75) is 0 Å². The predicted octanol–water partition coefficient (Wildman–Crippen LogP) is 2.17. The van der Waals surface area contributed by atoms with Crippen LogP contribution in [0.2, 0.25) is 5.02 Å². The molecule has 0 atom stereocenters. The third kappa shape index (κ3) is 4.32. The molecule has 0 saturated carbocycles. The molecule has 3 rings (SSSR count). The van der Waals surface area contributed by atoms with Gasteiger partial charge < -0.3 is 15.4 Å². The fourth-order valence-corrected chi connectivity index (χ4v) is 3.01. The number of amides is 2. The van der Waals surface area contributed by atoms with Crippen molar-refractivity contribution in [1.29, 1.82) is 0 Å². The molecule has 6 nitrogen and oxygen atoms in total. The summed E-state index contributed by atoms with van der Waals surface area (Å²) in [6, 6.07) is 11.2. The van der Waals surface area contributed by atoms with E-state index >= 15 is 0 Å². The lowest BCUT2D eigenvalue weighted by molar-refractivity contribution is -0.122. The number of halogens is 2. The number of benzene rings is 2. The van der Waals surface area contributed by atoms with Crippen LogP contribution in [0.1, 0.15) is 11.1 Å². The Hall–Kier alpha value is -2.77. The molecule has 0 aliphatic carbocycles. The molecule has 0 fully saturated rings. The van der Waals surface area contributed by atoms with Crippen LogP contribution in [0.15, 0.2) is 47.5 Å². The van der Waals surface area contributed by atoms with E-state index in [-0.39, 0.29) is 32.2 Å². The summed E-state index contributed by atoms with van der Waals surface area (Å²) in [6.07, 6.45) is 0. The molecule has 2 amide bonds. The minimum absolute atomic E-state index is 0.117. The molecular weight excluding hydrogens is 373 g/mol. The van der Waals surface area contributed by atoms with E-state index < -0.39 is 11.7 Å². The fourth-order valence-electron chi connectivity index (χ4n) is 2.84. The van der Waals surface area contributed by atoms with E-state index in [1.165, 1.54) is 11.0 Å². The van der Waals surface area contributed by atoms with Crippen LogP contribution < -0.4 is 10.6 Å². The number of carbonyl (C=O) groups excluding carboxylic acids is 2. The second-order valence-corrected chi connectivity index (χ2v) is 6.31. The van der Waals surface area contributed by atoms with E-state index in [4.69, 9.17) is 22.1 Å². The van der Waals surface area contributed by atoms with E-state index in [9.17, 15) is 14.0 Å². The van der Waals surface area contributed by atoms with Gasteiger partial charge in [0.25, 0.3) is 0 Å². The number of hydrogen-bond donors (Lipinski definition) is 1. The molecule has 2 N–H and O–H groups in total. The standard InChI is InChI=1S/C19H17ClFN3O3/c20-12-5-6-16-14(9-12)19(13-3-1-2-4-15(13)21)23-10-18(26)24(16)7-8-27-11-17(22)25/h1-6,9H,7-8,10-11H2,(H2,22,25).